The Morgan fingerprint density at radius 1 is 1.06 bits per heavy atom. The second kappa shape index (κ2) is 9.24. The molecule has 1 aliphatic rings. The molecule has 9 heteroatoms. The topological polar surface area (TPSA) is 71.7 Å². The molecular formula is C22H24ClN3O3S2. The normalized spacial score (nSPS) is 16.5. The number of amides is 1. The average molecular weight is 478 g/mol. The standard InChI is InChI=1S/C22H24ClN3O3S2/c1-2-26-20-18(23)8-7-9-19(20)30-22(26)24-21(27)16-10-12-17(13-11-16)31(28,29)25-14-5-3-4-6-15-25/h7-13H,2-6,14-15H2,1H3. The van der Waals surface area contributed by atoms with E-state index in [0.29, 0.717) is 35.0 Å². The quantitative estimate of drug-likeness (QED) is 0.547. The van der Waals surface area contributed by atoms with E-state index in [1.165, 1.54) is 35.6 Å². The number of halogens is 1. The third-order valence-corrected chi connectivity index (χ3v) is 8.73. The van der Waals surface area contributed by atoms with Gasteiger partial charge < -0.3 is 4.57 Å². The summed E-state index contributed by atoms with van der Waals surface area (Å²) in [5.41, 5.74) is 1.21. The number of fused-ring (bicyclic) bond motifs is 1. The van der Waals surface area contributed by atoms with Crippen molar-refractivity contribution in [3.63, 3.8) is 0 Å². The molecule has 1 saturated heterocycles. The lowest BCUT2D eigenvalue weighted by atomic mass is 10.2. The summed E-state index contributed by atoms with van der Waals surface area (Å²) < 4.78 is 30.3. The first kappa shape index (κ1) is 22.2. The Bertz CT molecular complexity index is 1270. The SMILES string of the molecule is CCn1c(=NC(=O)c2ccc(S(=O)(=O)N3CCCCCC3)cc2)sc2cccc(Cl)c21. The van der Waals surface area contributed by atoms with E-state index in [4.69, 9.17) is 11.6 Å². The fraction of sp³-hybridized carbons (Fsp3) is 0.364. The third kappa shape index (κ3) is 4.48. The van der Waals surface area contributed by atoms with Crippen molar-refractivity contribution in [1.82, 2.24) is 8.87 Å². The van der Waals surface area contributed by atoms with Crippen LogP contribution in [0.15, 0.2) is 52.4 Å². The fourth-order valence-corrected chi connectivity index (χ4v) is 6.79. The van der Waals surface area contributed by atoms with Crippen LogP contribution in [-0.4, -0.2) is 36.3 Å². The highest BCUT2D eigenvalue weighted by molar-refractivity contribution is 7.89. The van der Waals surface area contributed by atoms with Gasteiger partial charge in [0.05, 0.1) is 20.1 Å². The smallest absolute Gasteiger partial charge is 0.279 e. The number of carbonyl (C=O) groups is 1. The van der Waals surface area contributed by atoms with Crippen molar-refractivity contribution in [3.8, 4) is 0 Å². The van der Waals surface area contributed by atoms with Gasteiger partial charge in [0, 0.05) is 25.2 Å². The Morgan fingerprint density at radius 3 is 2.39 bits per heavy atom. The van der Waals surface area contributed by atoms with Gasteiger partial charge in [-0.1, -0.05) is 41.8 Å². The lowest BCUT2D eigenvalue weighted by molar-refractivity contribution is 0.0997. The molecule has 0 saturated carbocycles. The van der Waals surface area contributed by atoms with Crippen molar-refractivity contribution in [1.29, 1.82) is 0 Å². The number of rotatable bonds is 4. The van der Waals surface area contributed by atoms with Crippen molar-refractivity contribution in [2.75, 3.05) is 13.1 Å². The van der Waals surface area contributed by atoms with Crippen molar-refractivity contribution in [2.24, 2.45) is 4.99 Å². The lowest BCUT2D eigenvalue weighted by Gasteiger charge is -2.19. The van der Waals surface area contributed by atoms with Gasteiger partial charge in [0.2, 0.25) is 10.0 Å². The number of nitrogens with zero attached hydrogens (tertiary/aromatic N) is 3. The zero-order valence-electron chi connectivity index (χ0n) is 17.3. The molecular weight excluding hydrogens is 454 g/mol. The molecule has 0 bridgehead atoms. The maximum atomic E-state index is 12.9. The molecule has 0 atom stereocenters. The second-order valence-corrected chi connectivity index (χ2v) is 10.8. The molecule has 31 heavy (non-hydrogen) atoms. The number of sulfonamides is 1. The molecule has 3 aromatic rings. The summed E-state index contributed by atoms with van der Waals surface area (Å²) in [6.07, 6.45) is 3.87. The Balaban J connectivity index is 1.64. The minimum Gasteiger partial charge on any atom is -0.315 e. The van der Waals surface area contributed by atoms with Crippen LogP contribution in [0, 0.1) is 0 Å². The summed E-state index contributed by atoms with van der Waals surface area (Å²) >= 11 is 7.74. The molecule has 2 aromatic carbocycles. The summed E-state index contributed by atoms with van der Waals surface area (Å²) in [4.78, 5) is 17.9. The molecule has 0 aliphatic carbocycles. The van der Waals surface area contributed by atoms with Crippen LogP contribution in [0.4, 0.5) is 0 Å². The van der Waals surface area contributed by atoms with Gasteiger partial charge in [-0.05, 0) is 56.2 Å². The van der Waals surface area contributed by atoms with Gasteiger partial charge >= 0.3 is 0 Å². The number of aryl methyl sites for hydroxylation is 1. The highest BCUT2D eigenvalue weighted by atomic mass is 35.5. The van der Waals surface area contributed by atoms with Crippen LogP contribution in [0.2, 0.25) is 5.02 Å². The molecule has 164 valence electrons. The molecule has 4 rings (SSSR count). The van der Waals surface area contributed by atoms with E-state index < -0.39 is 15.9 Å². The maximum absolute atomic E-state index is 12.9. The van der Waals surface area contributed by atoms with Crippen LogP contribution in [0.5, 0.6) is 0 Å². The van der Waals surface area contributed by atoms with Crippen LogP contribution in [0.3, 0.4) is 0 Å². The number of hydrogen-bond acceptors (Lipinski definition) is 4. The van der Waals surface area contributed by atoms with Crippen molar-refractivity contribution in [2.45, 2.75) is 44.0 Å². The van der Waals surface area contributed by atoms with E-state index in [1.807, 2.05) is 29.7 Å². The molecule has 0 spiro atoms. The Morgan fingerprint density at radius 2 is 1.74 bits per heavy atom. The fourth-order valence-electron chi connectivity index (χ4n) is 3.82. The summed E-state index contributed by atoms with van der Waals surface area (Å²) in [6.45, 7) is 3.69. The van der Waals surface area contributed by atoms with Gasteiger partial charge in [-0.25, -0.2) is 8.42 Å². The summed E-state index contributed by atoms with van der Waals surface area (Å²) in [6, 6.07) is 11.7. The highest BCUT2D eigenvalue weighted by Crippen LogP contribution is 2.25. The van der Waals surface area contributed by atoms with Crippen LogP contribution < -0.4 is 4.80 Å². The largest absolute Gasteiger partial charge is 0.315 e. The molecule has 0 radical (unpaired) electrons. The van der Waals surface area contributed by atoms with Gasteiger partial charge in [-0.15, -0.1) is 0 Å². The number of thiazole rings is 1. The molecule has 6 nitrogen and oxygen atoms in total. The van der Waals surface area contributed by atoms with Gasteiger partial charge in [0.25, 0.3) is 5.91 Å². The first-order valence-electron chi connectivity index (χ1n) is 10.4. The summed E-state index contributed by atoms with van der Waals surface area (Å²) in [5.74, 6) is -0.413. The van der Waals surface area contributed by atoms with E-state index in [2.05, 4.69) is 4.99 Å². The van der Waals surface area contributed by atoms with Gasteiger partial charge in [0.15, 0.2) is 4.80 Å². The van der Waals surface area contributed by atoms with E-state index in [9.17, 15) is 13.2 Å². The van der Waals surface area contributed by atoms with Crippen LogP contribution >= 0.6 is 22.9 Å². The maximum Gasteiger partial charge on any atom is 0.279 e. The van der Waals surface area contributed by atoms with E-state index in [-0.39, 0.29) is 4.90 Å². The molecule has 1 aromatic heterocycles. The lowest BCUT2D eigenvalue weighted by Crippen LogP contribution is -2.31. The predicted molar refractivity (Wildman–Crippen MR) is 124 cm³/mol. The summed E-state index contributed by atoms with van der Waals surface area (Å²) in [7, 11) is -3.54. The van der Waals surface area contributed by atoms with E-state index >= 15 is 0 Å². The van der Waals surface area contributed by atoms with Crippen LogP contribution in [-0.2, 0) is 16.6 Å². The van der Waals surface area contributed by atoms with Gasteiger partial charge in [-0.3, -0.25) is 4.79 Å². The zero-order chi connectivity index (χ0) is 22.0. The molecule has 0 unspecified atom stereocenters. The van der Waals surface area contributed by atoms with Crippen molar-refractivity contribution in [3.05, 3.63) is 57.9 Å². The van der Waals surface area contributed by atoms with E-state index in [0.717, 1.165) is 35.9 Å². The molecule has 1 fully saturated rings. The molecule has 2 heterocycles. The average Bonchev–Trinajstić information content (AvgIpc) is 2.92. The third-order valence-electron chi connectivity index (χ3n) is 5.47. The van der Waals surface area contributed by atoms with Crippen LogP contribution in [0.1, 0.15) is 43.0 Å². The minimum absolute atomic E-state index is 0.211. The first-order valence-corrected chi connectivity index (χ1v) is 13.0. The van der Waals surface area contributed by atoms with Gasteiger partial charge in [0.1, 0.15) is 0 Å². The number of aromatic nitrogens is 1. The van der Waals surface area contributed by atoms with Gasteiger partial charge in [-0.2, -0.15) is 9.30 Å². The molecule has 1 amide bonds. The van der Waals surface area contributed by atoms with Crippen molar-refractivity contribution >= 4 is 49.1 Å². The number of benzene rings is 2. The Hall–Kier alpha value is -2.00. The number of para-hydroxylation sites is 1. The highest BCUT2D eigenvalue weighted by Gasteiger charge is 2.25. The monoisotopic (exact) mass is 477 g/mol. The van der Waals surface area contributed by atoms with E-state index in [1.54, 1.807) is 4.31 Å². The molecule has 0 N–H and O–H groups in total. The Labute approximate surface area is 190 Å². The molecule has 1 aliphatic heterocycles. The predicted octanol–water partition coefficient (Wildman–Crippen LogP) is 4.68. The van der Waals surface area contributed by atoms with Crippen LogP contribution in [0.25, 0.3) is 10.2 Å². The second-order valence-electron chi connectivity index (χ2n) is 7.48. The number of hydrogen-bond donors (Lipinski definition) is 0. The summed E-state index contributed by atoms with van der Waals surface area (Å²) in [5, 5.41) is 0.618. The zero-order valence-corrected chi connectivity index (χ0v) is 19.6. The van der Waals surface area contributed by atoms with Crippen molar-refractivity contribution < 1.29 is 13.2 Å². The first-order chi connectivity index (χ1) is 14.9. The minimum atomic E-state index is -3.54. The Kier molecular flexibility index (Phi) is 6.62. The number of carbonyl (C=O) groups excluding carboxylic acids is 1.